The largest absolute Gasteiger partial charge is 0.257 e. The summed E-state index contributed by atoms with van der Waals surface area (Å²) < 4.78 is 0. The van der Waals surface area contributed by atoms with Crippen molar-refractivity contribution in [2.24, 2.45) is 5.10 Å². The van der Waals surface area contributed by atoms with Crippen LogP contribution in [0.5, 0.6) is 0 Å². The summed E-state index contributed by atoms with van der Waals surface area (Å²) in [4.78, 5) is 0. The average molecular weight is 338 g/mol. The van der Waals surface area contributed by atoms with E-state index in [9.17, 15) is 0 Å². The molecule has 128 valence electrons. The SMILES string of the molecule is c1ccc([C@H]2CC(c3ccc4c(c3)CCC4)=NN2c2ccccc2)cc1. The van der Waals surface area contributed by atoms with Gasteiger partial charge in [0.05, 0.1) is 17.4 Å². The molecule has 0 unspecified atom stereocenters. The van der Waals surface area contributed by atoms with Gasteiger partial charge < -0.3 is 0 Å². The first kappa shape index (κ1) is 15.4. The van der Waals surface area contributed by atoms with E-state index in [1.165, 1.54) is 47.2 Å². The summed E-state index contributed by atoms with van der Waals surface area (Å²) in [5.41, 5.74) is 7.97. The van der Waals surface area contributed by atoms with E-state index in [1.54, 1.807) is 0 Å². The fourth-order valence-electron chi connectivity index (χ4n) is 4.19. The molecule has 0 N–H and O–H groups in total. The Kier molecular flexibility index (Phi) is 3.82. The van der Waals surface area contributed by atoms with Crippen LogP contribution >= 0.6 is 0 Å². The molecule has 1 atom stereocenters. The first-order valence-corrected chi connectivity index (χ1v) is 9.47. The molecule has 1 aliphatic carbocycles. The zero-order valence-corrected chi connectivity index (χ0v) is 14.8. The smallest absolute Gasteiger partial charge is 0.0831 e. The van der Waals surface area contributed by atoms with Gasteiger partial charge in [-0.15, -0.1) is 0 Å². The minimum atomic E-state index is 0.252. The van der Waals surface area contributed by atoms with Gasteiger partial charge in [0, 0.05) is 6.42 Å². The molecule has 2 aliphatic rings. The van der Waals surface area contributed by atoms with Crippen LogP contribution in [-0.2, 0) is 12.8 Å². The highest BCUT2D eigenvalue weighted by molar-refractivity contribution is 6.03. The summed E-state index contributed by atoms with van der Waals surface area (Å²) in [5, 5.41) is 7.25. The monoisotopic (exact) mass is 338 g/mol. The molecule has 0 saturated carbocycles. The van der Waals surface area contributed by atoms with Gasteiger partial charge in [-0.25, -0.2) is 0 Å². The number of nitrogens with zero attached hydrogens (tertiary/aromatic N) is 2. The van der Waals surface area contributed by atoms with Crippen LogP contribution in [0.1, 0.15) is 41.1 Å². The molecule has 2 nitrogen and oxygen atoms in total. The lowest BCUT2D eigenvalue weighted by molar-refractivity contribution is 0.709. The van der Waals surface area contributed by atoms with Gasteiger partial charge in [-0.05, 0) is 59.7 Å². The minimum Gasteiger partial charge on any atom is -0.257 e. The number of rotatable bonds is 3. The molecule has 1 aliphatic heterocycles. The van der Waals surface area contributed by atoms with Crippen molar-refractivity contribution < 1.29 is 0 Å². The molecule has 3 aromatic rings. The maximum absolute atomic E-state index is 5.06. The molecule has 0 fully saturated rings. The Labute approximate surface area is 154 Å². The van der Waals surface area contributed by atoms with Crippen LogP contribution in [0, 0.1) is 0 Å². The van der Waals surface area contributed by atoms with E-state index in [4.69, 9.17) is 5.10 Å². The molecule has 0 spiro atoms. The van der Waals surface area contributed by atoms with Crippen LogP contribution in [0.4, 0.5) is 5.69 Å². The molecule has 0 radical (unpaired) electrons. The number of hydrogen-bond donors (Lipinski definition) is 0. The van der Waals surface area contributed by atoms with Crippen LogP contribution < -0.4 is 5.01 Å². The van der Waals surface area contributed by atoms with E-state index in [0.29, 0.717) is 0 Å². The lowest BCUT2D eigenvalue weighted by Crippen LogP contribution is -2.18. The van der Waals surface area contributed by atoms with Crippen LogP contribution in [-0.4, -0.2) is 5.71 Å². The molecule has 1 heterocycles. The van der Waals surface area contributed by atoms with Crippen molar-refractivity contribution in [1.29, 1.82) is 0 Å². The van der Waals surface area contributed by atoms with Gasteiger partial charge in [0.1, 0.15) is 0 Å². The van der Waals surface area contributed by atoms with E-state index in [2.05, 4.69) is 83.9 Å². The summed E-state index contributed by atoms with van der Waals surface area (Å²) >= 11 is 0. The number of anilines is 1. The second-order valence-corrected chi connectivity index (χ2v) is 7.19. The van der Waals surface area contributed by atoms with Gasteiger partial charge in [-0.3, -0.25) is 5.01 Å². The predicted octanol–water partition coefficient (Wildman–Crippen LogP) is 5.53. The standard InChI is InChI=1S/C24H22N2/c1-3-8-19(9-4-1)24-17-23(25-26(24)22-12-5-2-6-13-22)21-15-14-18-10-7-11-20(18)16-21/h1-6,8-9,12-16,24H,7,10-11,17H2/t24-/m1/s1. The van der Waals surface area contributed by atoms with Crippen molar-refractivity contribution in [3.05, 3.63) is 101 Å². The molecule has 26 heavy (non-hydrogen) atoms. The average Bonchev–Trinajstić information content (AvgIpc) is 3.36. The Morgan fingerprint density at radius 2 is 1.50 bits per heavy atom. The third kappa shape index (κ3) is 2.72. The minimum absolute atomic E-state index is 0.252. The molecule has 2 heteroatoms. The van der Waals surface area contributed by atoms with Gasteiger partial charge in [-0.1, -0.05) is 60.7 Å². The molecule has 3 aromatic carbocycles. The molecule has 0 aromatic heterocycles. The first-order chi connectivity index (χ1) is 12.9. The van der Waals surface area contributed by atoms with Crippen LogP contribution in [0.15, 0.2) is 84.0 Å². The summed E-state index contributed by atoms with van der Waals surface area (Å²) in [7, 11) is 0. The highest BCUT2D eigenvalue weighted by atomic mass is 15.5. The summed E-state index contributed by atoms with van der Waals surface area (Å²) in [6, 6.07) is 28.4. The van der Waals surface area contributed by atoms with Crippen LogP contribution in [0.3, 0.4) is 0 Å². The van der Waals surface area contributed by atoms with Crippen LogP contribution in [0.2, 0.25) is 0 Å². The lowest BCUT2D eigenvalue weighted by Gasteiger charge is -2.23. The number of hydrogen-bond acceptors (Lipinski definition) is 2. The number of para-hydroxylation sites is 1. The third-order valence-corrected chi connectivity index (χ3v) is 5.55. The van der Waals surface area contributed by atoms with Crippen molar-refractivity contribution in [3.63, 3.8) is 0 Å². The van der Waals surface area contributed by atoms with Gasteiger partial charge in [0.2, 0.25) is 0 Å². The fourth-order valence-corrected chi connectivity index (χ4v) is 4.19. The van der Waals surface area contributed by atoms with Gasteiger partial charge in [0.15, 0.2) is 0 Å². The maximum atomic E-state index is 5.06. The third-order valence-electron chi connectivity index (χ3n) is 5.55. The van der Waals surface area contributed by atoms with Gasteiger partial charge in [0.25, 0.3) is 0 Å². The van der Waals surface area contributed by atoms with Gasteiger partial charge in [-0.2, -0.15) is 5.10 Å². The van der Waals surface area contributed by atoms with Gasteiger partial charge >= 0.3 is 0 Å². The lowest BCUT2D eigenvalue weighted by atomic mass is 9.96. The zero-order valence-electron chi connectivity index (χ0n) is 14.8. The Morgan fingerprint density at radius 3 is 2.31 bits per heavy atom. The highest BCUT2D eigenvalue weighted by Gasteiger charge is 2.30. The quantitative estimate of drug-likeness (QED) is 0.613. The second kappa shape index (κ2) is 6.45. The second-order valence-electron chi connectivity index (χ2n) is 7.19. The van der Waals surface area contributed by atoms with E-state index in [1.807, 2.05) is 0 Å². The Hall–Kier alpha value is -2.87. The van der Waals surface area contributed by atoms with Crippen molar-refractivity contribution in [2.45, 2.75) is 31.7 Å². The van der Waals surface area contributed by atoms with Crippen molar-refractivity contribution in [2.75, 3.05) is 5.01 Å². The van der Waals surface area contributed by atoms with Crippen molar-refractivity contribution >= 4 is 11.4 Å². The van der Waals surface area contributed by atoms with E-state index in [-0.39, 0.29) is 6.04 Å². The van der Waals surface area contributed by atoms with E-state index in [0.717, 1.165) is 12.1 Å². The van der Waals surface area contributed by atoms with E-state index < -0.39 is 0 Å². The fraction of sp³-hybridized carbons (Fsp3) is 0.208. The Balaban J connectivity index is 1.55. The molecular formula is C24H22N2. The van der Waals surface area contributed by atoms with Crippen LogP contribution in [0.25, 0.3) is 0 Å². The Morgan fingerprint density at radius 1 is 0.769 bits per heavy atom. The maximum Gasteiger partial charge on any atom is 0.0831 e. The molecular weight excluding hydrogens is 316 g/mol. The normalized spacial score (nSPS) is 18.7. The van der Waals surface area contributed by atoms with E-state index >= 15 is 0 Å². The zero-order chi connectivity index (χ0) is 17.3. The summed E-state index contributed by atoms with van der Waals surface area (Å²) in [5.74, 6) is 0. The Bertz CT molecular complexity index is 944. The number of benzene rings is 3. The van der Waals surface area contributed by atoms with Crippen molar-refractivity contribution in [3.8, 4) is 0 Å². The molecule has 0 amide bonds. The van der Waals surface area contributed by atoms with Crippen molar-refractivity contribution in [1.82, 2.24) is 0 Å². The number of aryl methyl sites for hydroxylation is 2. The highest BCUT2D eigenvalue weighted by Crippen LogP contribution is 2.37. The number of fused-ring (bicyclic) bond motifs is 1. The topological polar surface area (TPSA) is 15.6 Å². The summed E-state index contributed by atoms with van der Waals surface area (Å²) in [6.45, 7) is 0. The molecule has 0 bridgehead atoms. The summed E-state index contributed by atoms with van der Waals surface area (Å²) in [6.07, 6.45) is 4.66. The molecule has 5 rings (SSSR count). The molecule has 0 saturated heterocycles. The first-order valence-electron chi connectivity index (χ1n) is 9.47. The number of hydrazone groups is 1. The predicted molar refractivity (Wildman–Crippen MR) is 108 cm³/mol.